The first-order valence-corrected chi connectivity index (χ1v) is 26.7. The molecule has 0 saturated heterocycles. The van der Waals surface area contributed by atoms with Crippen molar-refractivity contribution < 1.29 is 0 Å². The van der Waals surface area contributed by atoms with Crippen molar-refractivity contribution in [3.63, 3.8) is 0 Å². The number of fused-ring (bicyclic) bond motifs is 20. The van der Waals surface area contributed by atoms with E-state index in [9.17, 15) is 0 Å². The molecule has 0 radical (unpaired) electrons. The van der Waals surface area contributed by atoms with Crippen molar-refractivity contribution in [2.45, 2.75) is 24.7 Å². The van der Waals surface area contributed by atoms with E-state index < -0.39 is 0 Å². The fourth-order valence-corrected chi connectivity index (χ4v) is 14.0. The summed E-state index contributed by atoms with van der Waals surface area (Å²) in [5.41, 5.74) is 33.9. The van der Waals surface area contributed by atoms with Crippen molar-refractivity contribution in [3.8, 4) is 89.0 Å². The number of hydrogen-bond acceptors (Lipinski definition) is 0. The molecule has 0 aliphatic heterocycles. The van der Waals surface area contributed by atoms with Crippen molar-refractivity contribution >= 4 is 0 Å². The van der Waals surface area contributed by atoms with Crippen LogP contribution in [0.25, 0.3) is 89.0 Å². The van der Waals surface area contributed by atoms with Crippen LogP contribution in [-0.2, 0) is 10.8 Å². The highest BCUT2D eigenvalue weighted by molar-refractivity contribution is 6.00. The molecular formula is C76H52. The van der Waals surface area contributed by atoms with Crippen LogP contribution in [-0.4, -0.2) is 0 Å². The summed E-state index contributed by atoms with van der Waals surface area (Å²) in [6, 6.07) is 104. The lowest BCUT2D eigenvalue weighted by molar-refractivity contribution is 0.796. The van der Waals surface area contributed by atoms with Crippen molar-refractivity contribution in [2.24, 2.45) is 0 Å². The lowest BCUT2D eigenvalue weighted by Gasteiger charge is -2.32. The predicted octanol–water partition coefficient (Wildman–Crippen LogP) is 19.3. The summed E-state index contributed by atoms with van der Waals surface area (Å²) in [7, 11) is 0. The van der Waals surface area contributed by atoms with Crippen molar-refractivity contribution in [3.05, 3.63) is 335 Å². The van der Waals surface area contributed by atoms with Gasteiger partial charge in [-0.2, -0.15) is 0 Å². The van der Waals surface area contributed by atoms with Crippen LogP contribution >= 0.6 is 0 Å². The van der Waals surface area contributed by atoms with Crippen LogP contribution < -0.4 is 0 Å². The fourth-order valence-electron chi connectivity index (χ4n) is 14.0. The zero-order valence-corrected chi connectivity index (χ0v) is 42.6. The van der Waals surface area contributed by atoms with E-state index in [2.05, 4.69) is 293 Å². The summed E-state index contributed by atoms with van der Waals surface area (Å²) in [6.07, 6.45) is 0. The Hall–Kier alpha value is -9.36. The average Bonchev–Trinajstić information content (AvgIpc) is 4.30. The summed E-state index contributed by atoms with van der Waals surface area (Å²) < 4.78 is 0. The number of aryl methyl sites for hydroxylation is 2. The van der Waals surface area contributed by atoms with Gasteiger partial charge in [0.2, 0.25) is 0 Å². The number of hydrogen-bond donors (Lipinski definition) is 0. The second-order valence-electron chi connectivity index (χ2n) is 21.1. The van der Waals surface area contributed by atoms with Crippen LogP contribution in [0.3, 0.4) is 0 Å². The number of rotatable bonds is 4. The summed E-state index contributed by atoms with van der Waals surface area (Å²) in [5, 5.41) is 0. The Bertz CT molecular complexity index is 4150. The molecule has 12 aromatic rings. The molecule has 0 bridgehead atoms. The highest BCUT2D eigenvalue weighted by Gasteiger charge is 2.54. The van der Waals surface area contributed by atoms with Crippen molar-refractivity contribution in [1.29, 1.82) is 0 Å². The molecule has 4 aliphatic rings. The zero-order chi connectivity index (χ0) is 50.5. The Morgan fingerprint density at radius 3 is 0.803 bits per heavy atom. The van der Waals surface area contributed by atoms with Crippen LogP contribution in [0.4, 0.5) is 0 Å². The van der Waals surface area contributed by atoms with E-state index in [1.54, 1.807) is 0 Å². The minimum absolute atomic E-state index is 0.328. The molecule has 0 aromatic heterocycles. The van der Waals surface area contributed by atoms with Crippen LogP contribution in [0.2, 0.25) is 0 Å². The molecular weight excluding hydrogens is 913 g/mol. The summed E-state index contributed by atoms with van der Waals surface area (Å²) >= 11 is 0. The first-order valence-electron chi connectivity index (χ1n) is 26.7. The van der Waals surface area contributed by atoms with Gasteiger partial charge in [0, 0.05) is 0 Å². The molecule has 0 unspecified atom stereocenters. The third-order valence-electron chi connectivity index (χ3n) is 17.2. The predicted molar refractivity (Wildman–Crippen MR) is 317 cm³/mol. The molecule has 0 saturated carbocycles. The van der Waals surface area contributed by atoms with Gasteiger partial charge in [0.1, 0.15) is 0 Å². The first-order chi connectivity index (χ1) is 37.5. The normalized spacial score (nSPS) is 13.6. The fraction of sp³-hybridized carbons (Fsp3) is 0.0526. The van der Waals surface area contributed by atoms with Crippen molar-refractivity contribution in [1.82, 2.24) is 0 Å². The standard InChI is InChI=1S/2C38H26/c1-25-10-8-11-28(24-25)26-20-22-27(23-21-26)29-15-9-16-33-32-14-4-7-19-36(32)38(37(29)33)34-17-5-2-12-30(34)31-13-3-6-18-35(31)38;1-25-17-19-26(20-18-25)27-21-23-28(24-22-27)29-12-8-13-33-32-11-4-7-16-36(32)38(37(29)33)34-14-5-2-9-30(34)31-10-3-6-15-35(31)38/h2*2-24H,1H3. The second kappa shape index (κ2) is 17.1. The topological polar surface area (TPSA) is 0 Å². The molecule has 0 atom stereocenters. The molecule has 0 heterocycles. The van der Waals surface area contributed by atoms with E-state index in [-0.39, 0.29) is 10.8 Å². The monoisotopic (exact) mass is 964 g/mol. The van der Waals surface area contributed by atoms with E-state index in [0.717, 1.165) is 0 Å². The molecule has 16 rings (SSSR count). The third kappa shape index (κ3) is 6.25. The van der Waals surface area contributed by atoms with Gasteiger partial charge in [-0.25, -0.2) is 0 Å². The maximum absolute atomic E-state index is 2.35. The van der Waals surface area contributed by atoms with Gasteiger partial charge >= 0.3 is 0 Å². The van der Waals surface area contributed by atoms with Gasteiger partial charge in [0.15, 0.2) is 0 Å². The van der Waals surface area contributed by atoms with E-state index >= 15 is 0 Å². The first kappa shape index (κ1) is 44.2. The van der Waals surface area contributed by atoms with Crippen LogP contribution in [0.5, 0.6) is 0 Å². The molecule has 4 aliphatic carbocycles. The maximum atomic E-state index is 2.35. The van der Waals surface area contributed by atoms with Gasteiger partial charge in [0.25, 0.3) is 0 Å². The van der Waals surface area contributed by atoms with Crippen LogP contribution in [0.15, 0.2) is 279 Å². The molecule has 0 fully saturated rings. The molecule has 356 valence electrons. The zero-order valence-electron chi connectivity index (χ0n) is 42.6. The van der Waals surface area contributed by atoms with E-state index in [1.165, 1.54) is 145 Å². The molecule has 76 heavy (non-hydrogen) atoms. The highest BCUT2D eigenvalue weighted by atomic mass is 14.5. The SMILES string of the molecule is Cc1ccc(-c2ccc(-c3cccc4c3C3(c5ccccc5-c5ccccc53)c3ccccc3-4)cc2)cc1.Cc1cccc(-c2ccc(-c3cccc4c3C3(c5ccccc5-c5ccccc53)c3ccccc3-4)cc2)c1. The Morgan fingerprint density at radius 1 is 0.184 bits per heavy atom. The lowest BCUT2D eigenvalue weighted by atomic mass is 9.68. The highest BCUT2D eigenvalue weighted by Crippen LogP contribution is 2.66. The van der Waals surface area contributed by atoms with Crippen LogP contribution in [0.1, 0.15) is 55.6 Å². The minimum atomic E-state index is -0.328. The van der Waals surface area contributed by atoms with Gasteiger partial charge in [-0.15, -0.1) is 0 Å². The Labute approximate surface area is 446 Å². The largest absolute Gasteiger partial charge is 0.0731 e. The van der Waals surface area contributed by atoms with Gasteiger partial charge in [0.05, 0.1) is 10.8 Å². The smallest absolute Gasteiger partial charge is 0.0619 e. The maximum Gasteiger partial charge on any atom is 0.0731 e. The van der Waals surface area contributed by atoms with Gasteiger partial charge in [-0.05, 0) is 147 Å². The third-order valence-corrected chi connectivity index (χ3v) is 17.2. The summed E-state index contributed by atoms with van der Waals surface area (Å²) in [4.78, 5) is 0. The van der Waals surface area contributed by atoms with Crippen molar-refractivity contribution in [2.75, 3.05) is 0 Å². The number of benzene rings is 12. The van der Waals surface area contributed by atoms with Crippen LogP contribution in [0, 0.1) is 13.8 Å². The summed E-state index contributed by atoms with van der Waals surface area (Å²) in [5.74, 6) is 0. The van der Waals surface area contributed by atoms with Gasteiger partial charge in [-0.1, -0.05) is 290 Å². The molecule has 12 aromatic carbocycles. The molecule has 2 spiro atoms. The quantitative estimate of drug-likeness (QED) is 0.165. The van der Waals surface area contributed by atoms with Gasteiger partial charge in [-0.3, -0.25) is 0 Å². The Balaban J connectivity index is 0.000000133. The van der Waals surface area contributed by atoms with E-state index in [0.29, 0.717) is 0 Å². The molecule has 0 heteroatoms. The molecule has 0 nitrogen and oxygen atoms in total. The van der Waals surface area contributed by atoms with E-state index in [4.69, 9.17) is 0 Å². The summed E-state index contributed by atoms with van der Waals surface area (Å²) in [6.45, 7) is 4.29. The second-order valence-corrected chi connectivity index (χ2v) is 21.1. The molecule has 0 N–H and O–H groups in total. The average molecular weight is 965 g/mol. The Morgan fingerprint density at radius 2 is 0.447 bits per heavy atom. The Kier molecular flexibility index (Phi) is 9.94. The molecule has 0 amide bonds. The van der Waals surface area contributed by atoms with E-state index in [1.807, 2.05) is 0 Å². The lowest BCUT2D eigenvalue weighted by Crippen LogP contribution is -2.26. The minimum Gasteiger partial charge on any atom is -0.0619 e. The van der Waals surface area contributed by atoms with Gasteiger partial charge < -0.3 is 0 Å².